The fraction of sp³-hybridized carbons (Fsp3) is 0.526. The van der Waals surface area contributed by atoms with Crippen molar-refractivity contribution in [2.24, 2.45) is 0 Å². The molecule has 29 heavy (non-hydrogen) atoms. The number of carbonyl (C=O) groups excluding carboxylic acids is 3. The topological polar surface area (TPSA) is 104 Å². The Balaban J connectivity index is 1.62. The van der Waals surface area contributed by atoms with E-state index in [1.165, 1.54) is 27.4 Å². The first-order chi connectivity index (χ1) is 13.8. The fourth-order valence-corrected chi connectivity index (χ4v) is 5.52. The third kappa shape index (κ3) is 4.96. The van der Waals surface area contributed by atoms with Gasteiger partial charge >= 0.3 is 0 Å². The SMILES string of the molecule is O=C(NCCCN1C(=O)CCC1=O)c1ccc(Cl)c(S(=O)(=O)N2CCCCC2)c1. The van der Waals surface area contributed by atoms with E-state index in [9.17, 15) is 22.8 Å². The molecule has 1 N–H and O–H groups in total. The van der Waals surface area contributed by atoms with E-state index in [1.807, 2.05) is 0 Å². The molecule has 3 amide bonds. The Morgan fingerprint density at radius 3 is 2.38 bits per heavy atom. The summed E-state index contributed by atoms with van der Waals surface area (Å²) in [5.74, 6) is -0.811. The second-order valence-corrected chi connectivity index (χ2v) is 9.47. The summed E-state index contributed by atoms with van der Waals surface area (Å²) in [6, 6.07) is 4.18. The smallest absolute Gasteiger partial charge is 0.251 e. The van der Waals surface area contributed by atoms with Crippen LogP contribution in [-0.2, 0) is 19.6 Å². The Labute approximate surface area is 175 Å². The number of sulfonamides is 1. The van der Waals surface area contributed by atoms with Crippen molar-refractivity contribution >= 4 is 39.3 Å². The van der Waals surface area contributed by atoms with Crippen LogP contribution in [0, 0.1) is 0 Å². The van der Waals surface area contributed by atoms with Gasteiger partial charge in [0.2, 0.25) is 21.8 Å². The number of benzene rings is 1. The first-order valence-corrected chi connectivity index (χ1v) is 11.5. The Morgan fingerprint density at radius 1 is 1.07 bits per heavy atom. The van der Waals surface area contributed by atoms with Crippen molar-refractivity contribution in [1.29, 1.82) is 0 Å². The summed E-state index contributed by atoms with van der Waals surface area (Å²) < 4.78 is 27.2. The van der Waals surface area contributed by atoms with Gasteiger partial charge in [-0.2, -0.15) is 4.31 Å². The Kier molecular flexibility index (Phi) is 6.92. The molecule has 0 saturated carbocycles. The van der Waals surface area contributed by atoms with Gasteiger partial charge in [0.15, 0.2) is 0 Å². The van der Waals surface area contributed by atoms with Crippen LogP contribution in [0.25, 0.3) is 0 Å². The summed E-state index contributed by atoms with van der Waals surface area (Å²) in [4.78, 5) is 36.7. The molecule has 0 aliphatic carbocycles. The molecule has 1 aromatic rings. The first kappa shape index (κ1) is 21.7. The van der Waals surface area contributed by atoms with Crippen LogP contribution in [-0.4, -0.2) is 61.5 Å². The number of nitrogens with one attached hydrogen (secondary N) is 1. The maximum Gasteiger partial charge on any atom is 0.251 e. The molecule has 0 atom stereocenters. The lowest BCUT2D eigenvalue weighted by Gasteiger charge is -2.26. The third-order valence-corrected chi connectivity index (χ3v) is 7.51. The maximum atomic E-state index is 12.9. The lowest BCUT2D eigenvalue weighted by molar-refractivity contribution is -0.138. The molecule has 158 valence electrons. The van der Waals surface area contributed by atoms with Crippen LogP contribution in [0.4, 0.5) is 0 Å². The van der Waals surface area contributed by atoms with Crippen molar-refractivity contribution in [3.63, 3.8) is 0 Å². The minimum atomic E-state index is -3.76. The lowest BCUT2D eigenvalue weighted by Crippen LogP contribution is -2.36. The van der Waals surface area contributed by atoms with Crippen molar-refractivity contribution < 1.29 is 22.8 Å². The van der Waals surface area contributed by atoms with Gasteiger partial charge in [-0.25, -0.2) is 8.42 Å². The van der Waals surface area contributed by atoms with Gasteiger partial charge in [0.1, 0.15) is 4.90 Å². The number of carbonyl (C=O) groups is 3. The van der Waals surface area contributed by atoms with Crippen molar-refractivity contribution in [2.75, 3.05) is 26.2 Å². The molecule has 8 nitrogen and oxygen atoms in total. The van der Waals surface area contributed by atoms with Crippen LogP contribution in [0.5, 0.6) is 0 Å². The molecule has 10 heteroatoms. The minimum absolute atomic E-state index is 0.0676. The zero-order valence-corrected chi connectivity index (χ0v) is 17.6. The van der Waals surface area contributed by atoms with Crippen molar-refractivity contribution in [1.82, 2.24) is 14.5 Å². The van der Waals surface area contributed by atoms with Crippen LogP contribution in [0.2, 0.25) is 5.02 Å². The van der Waals surface area contributed by atoms with Gasteiger partial charge in [0.05, 0.1) is 5.02 Å². The average molecular weight is 442 g/mol. The Hall–Kier alpha value is -1.97. The standard InChI is InChI=1S/C19H24ClN3O5S/c20-15-6-5-14(13-16(15)29(27,28)22-10-2-1-3-11-22)19(26)21-9-4-12-23-17(24)7-8-18(23)25/h5-6,13H,1-4,7-12H2,(H,21,26). The molecule has 0 radical (unpaired) electrons. The molecule has 0 spiro atoms. The van der Waals surface area contributed by atoms with E-state index in [-0.39, 0.29) is 53.2 Å². The van der Waals surface area contributed by atoms with Gasteiger partial charge in [-0.05, 0) is 37.5 Å². The van der Waals surface area contributed by atoms with Gasteiger partial charge in [-0.1, -0.05) is 18.0 Å². The molecule has 2 aliphatic rings. The number of imide groups is 1. The fourth-order valence-electron chi connectivity index (χ4n) is 3.50. The minimum Gasteiger partial charge on any atom is -0.352 e. The summed E-state index contributed by atoms with van der Waals surface area (Å²) in [7, 11) is -3.76. The molecule has 2 fully saturated rings. The number of halogens is 1. The molecule has 2 aliphatic heterocycles. The second-order valence-electron chi connectivity index (χ2n) is 7.16. The highest BCUT2D eigenvalue weighted by Crippen LogP contribution is 2.27. The molecule has 0 bridgehead atoms. The Bertz CT molecular complexity index is 896. The lowest BCUT2D eigenvalue weighted by atomic mass is 10.2. The zero-order chi connectivity index (χ0) is 21.0. The summed E-state index contributed by atoms with van der Waals surface area (Å²) in [6.45, 7) is 1.41. The van der Waals surface area contributed by atoms with Crippen molar-refractivity contribution in [3.05, 3.63) is 28.8 Å². The van der Waals surface area contributed by atoms with Crippen LogP contribution < -0.4 is 5.32 Å². The molecular weight excluding hydrogens is 418 g/mol. The van der Waals surface area contributed by atoms with Gasteiger partial charge < -0.3 is 5.32 Å². The highest BCUT2D eigenvalue weighted by Gasteiger charge is 2.29. The maximum absolute atomic E-state index is 12.9. The van der Waals surface area contributed by atoms with E-state index in [4.69, 9.17) is 11.6 Å². The number of piperidine rings is 1. The van der Waals surface area contributed by atoms with Gasteiger partial charge in [0.25, 0.3) is 5.91 Å². The van der Waals surface area contributed by atoms with Crippen molar-refractivity contribution in [2.45, 2.75) is 43.4 Å². The van der Waals surface area contributed by atoms with Gasteiger partial charge in [-0.15, -0.1) is 0 Å². The molecule has 3 rings (SSSR count). The quantitative estimate of drug-likeness (QED) is 0.513. The average Bonchev–Trinajstić information content (AvgIpc) is 3.03. The monoisotopic (exact) mass is 441 g/mol. The van der Waals surface area contributed by atoms with Crippen LogP contribution in [0.3, 0.4) is 0 Å². The van der Waals surface area contributed by atoms with E-state index in [1.54, 1.807) is 0 Å². The molecule has 0 unspecified atom stereocenters. The number of hydrogen-bond donors (Lipinski definition) is 1. The van der Waals surface area contributed by atoms with E-state index >= 15 is 0 Å². The van der Waals surface area contributed by atoms with E-state index in [0.29, 0.717) is 19.5 Å². The van der Waals surface area contributed by atoms with Gasteiger partial charge in [0, 0.05) is 44.6 Å². The van der Waals surface area contributed by atoms with E-state index < -0.39 is 15.9 Å². The third-order valence-electron chi connectivity index (χ3n) is 5.13. The summed E-state index contributed by atoms with van der Waals surface area (Å²) in [5.41, 5.74) is 0.193. The highest BCUT2D eigenvalue weighted by atomic mass is 35.5. The second kappa shape index (κ2) is 9.23. The Morgan fingerprint density at radius 2 is 1.72 bits per heavy atom. The van der Waals surface area contributed by atoms with E-state index in [2.05, 4.69) is 5.32 Å². The highest BCUT2D eigenvalue weighted by molar-refractivity contribution is 7.89. The number of nitrogens with zero attached hydrogens (tertiary/aromatic N) is 2. The molecule has 0 aromatic heterocycles. The molecular formula is C19H24ClN3O5S. The number of amides is 3. The predicted octanol–water partition coefficient (Wildman–Crippen LogP) is 1.78. The number of likely N-dealkylation sites (tertiary alicyclic amines) is 1. The van der Waals surface area contributed by atoms with Crippen molar-refractivity contribution in [3.8, 4) is 0 Å². The van der Waals surface area contributed by atoms with E-state index in [0.717, 1.165) is 19.3 Å². The van der Waals surface area contributed by atoms with Gasteiger partial charge in [-0.3, -0.25) is 19.3 Å². The normalized spacial score (nSPS) is 18.3. The predicted molar refractivity (Wildman–Crippen MR) is 107 cm³/mol. The van der Waals surface area contributed by atoms with Crippen LogP contribution in [0.15, 0.2) is 23.1 Å². The zero-order valence-electron chi connectivity index (χ0n) is 16.0. The first-order valence-electron chi connectivity index (χ1n) is 9.72. The molecule has 2 saturated heterocycles. The largest absolute Gasteiger partial charge is 0.352 e. The molecule has 2 heterocycles. The van der Waals surface area contributed by atoms with Crippen LogP contribution in [0.1, 0.15) is 48.9 Å². The summed E-state index contributed by atoms with van der Waals surface area (Å²) in [5, 5.41) is 2.77. The summed E-state index contributed by atoms with van der Waals surface area (Å²) >= 11 is 6.12. The number of hydrogen-bond acceptors (Lipinski definition) is 5. The number of rotatable bonds is 7. The van der Waals surface area contributed by atoms with Crippen LogP contribution >= 0.6 is 11.6 Å². The molecule has 1 aromatic carbocycles. The summed E-state index contributed by atoms with van der Waals surface area (Å²) in [6.07, 6.45) is 3.51.